The van der Waals surface area contributed by atoms with Crippen LogP contribution in [0.25, 0.3) is 0 Å². The van der Waals surface area contributed by atoms with Gasteiger partial charge in [-0.3, -0.25) is 9.59 Å². The van der Waals surface area contributed by atoms with Crippen molar-refractivity contribution in [1.29, 1.82) is 0 Å². The zero-order valence-corrected chi connectivity index (χ0v) is 14.6. The number of ether oxygens (including phenoxy) is 1. The van der Waals surface area contributed by atoms with Crippen molar-refractivity contribution in [2.45, 2.75) is 17.7 Å². The van der Waals surface area contributed by atoms with Gasteiger partial charge < -0.3 is 20.5 Å². The summed E-state index contributed by atoms with van der Waals surface area (Å²) in [5.74, 6) is 1.60. The Bertz CT molecular complexity index is 865. The molecule has 26 heavy (non-hydrogen) atoms. The molecule has 7 nitrogen and oxygen atoms in total. The van der Waals surface area contributed by atoms with Gasteiger partial charge in [-0.1, -0.05) is 0 Å². The van der Waals surface area contributed by atoms with Gasteiger partial charge in [0.15, 0.2) is 0 Å². The summed E-state index contributed by atoms with van der Waals surface area (Å²) < 4.78 is 5.95. The molecule has 0 spiro atoms. The molecule has 2 aromatic rings. The molecule has 0 unspecified atom stereocenters. The van der Waals surface area contributed by atoms with E-state index in [9.17, 15) is 9.59 Å². The molecule has 1 saturated carbocycles. The Kier molecular flexibility index (Phi) is 4.20. The number of thioether (sulfide) groups is 1. The molecule has 1 aromatic carbocycles. The molecule has 0 bridgehead atoms. The van der Waals surface area contributed by atoms with Crippen LogP contribution in [0.1, 0.15) is 12.8 Å². The van der Waals surface area contributed by atoms with Crippen molar-refractivity contribution in [3.63, 3.8) is 0 Å². The van der Waals surface area contributed by atoms with Crippen molar-refractivity contribution >= 4 is 35.1 Å². The molecule has 0 atom stereocenters. The molecule has 1 fully saturated rings. The van der Waals surface area contributed by atoms with Crippen molar-refractivity contribution in [2.24, 2.45) is 5.41 Å². The molecule has 1 aliphatic carbocycles. The summed E-state index contributed by atoms with van der Waals surface area (Å²) in [5.41, 5.74) is -0.710. The Morgan fingerprint density at radius 1 is 1.23 bits per heavy atom. The van der Waals surface area contributed by atoms with E-state index in [0.29, 0.717) is 24.3 Å². The Hall–Kier alpha value is -2.74. The van der Waals surface area contributed by atoms with Gasteiger partial charge in [-0.05, 0) is 37.1 Å². The molecule has 3 N–H and O–H groups in total. The van der Waals surface area contributed by atoms with Crippen LogP contribution in [-0.4, -0.2) is 34.3 Å². The second kappa shape index (κ2) is 6.53. The third-order valence-electron chi connectivity index (χ3n) is 4.44. The van der Waals surface area contributed by atoms with Gasteiger partial charge in [0.1, 0.15) is 22.7 Å². The van der Waals surface area contributed by atoms with Crippen LogP contribution in [-0.2, 0) is 9.59 Å². The summed E-state index contributed by atoms with van der Waals surface area (Å²) in [6, 6.07) is 8.69. The number of carbonyl (C=O) groups is 2. The predicted molar refractivity (Wildman–Crippen MR) is 97.9 cm³/mol. The summed E-state index contributed by atoms with van der Waals surface area (Å²) in [6.45, 7) is 0.875. The first kappa shape index (κ1) is 16.7. The monoisotopic (exact) mass is 371 g/mol. The number of anilines is 2. The summed E-state index contributed by atoms with van der Waals surface area (Å²) >= 11 is 1.70. The fourth-order valence-electron chi connectivity index (χ4n) is 2.75. The minimum atomic E-state index is -1.25. The smallest absolute Gasteiger partial charge is 0.319 e. The molecule has 1 aromatic heterocycles. The van der Waals surface area contributed by atoms with E-state index in [2.05, 4.69) is 15.6 Å². The number of aliphatic carboxylic acids is 1. The lowest BCUT2D eigenvalue weighted by atomic mass is 10.1. The highest BCUT2D eigenvalue weighted by atomic mass is 32.2. The predicted octanol–water partition coefficient (Wildman–Crippen LogP) is 3.19. The highest BCUT2D eigenvalue weighted by Crippen LogP contribution is 2.47. The lowest BCUT2D eigenvalue weighted by molar-refractivity contribution is -0.147. The van der Waals surface area contributed by atoms with Gasteiger partial charge in [-0.2, -0.15) is 0 Å². The maximum atomic E-state index is 12.1. The highest BCUT2D eigenvalue weighted by Gasteiger charge is 2.57. The van der Waals surface area contributed by atoms with E-state index < -0.39 is 17.3 Å². The third kappa shape index (κ3) is 3.08. The van der Waals surface area contributed by atoms with E-state index in [-0.39, 0.29) is 0 Å². The fourth-order valence-corrected chi connectivity index (χ4v) is 3.67. The zero-order chi connectivity index (χ0) is 18.1. The highest BCUT2D eigenvalue weighted by molar-refractivity contribution is 7.99. The summed E-state index contributed by atoms with van der Waals surface area (Å²) in [4.78, 5) is 28.6. The Morgan fingerprint density at radius 3 is 2.69 bits per heavy atom. The van der Waals surface area contributed by atoms with Gasteiger partial charge in [-0.25, -0.2) is 4.98 Å². The minimum Gasteiger partial charge on any atom is -0.480 e. The molecule has 134 valence electrons. The number of benzene rings is 1. The number of nitrogens with zero attached hydrogens (tertiary/aromatic N) is 1. The number of rotatable bonds is 5. The SMILES string of the molecule is O=C(O)C1(C(=O)Nc2ccc(Oc3ccnc4c3SCCN4)cc2)CC1. The van der Waals surface area contributed by atoms with E-state index in [0.717, 1.165) is 28.8 Å². The van der Waals surface area contributed by atoms with Crippen LogP contribution in [0.5, 0.6) is 11.5 Å². The molecule has 0 radical (unpaired) electrons. The van der Waals surface area contributed by atoms with Gasteiger partial charge in [0.25, 0.3) is 0 Å². The quantitative estimate of drug-likeness (QED) is 0.694. The third-order valence-corrected chi connectivity index (χ3v) is 5.53. The molecule has 4 rings (SSSR count). The number of hydrogen-bond acceptors (Lipinski definition) is 6. The molecule has 0 saturated heterocycles. The topological polar surface area (TPSA) is 101 Å². The Labute approximate surface area is 154 Å². The maximum absolute atomic E-state index is 12.1. The number of nitrogens with one attached hydrogen (secondary N) is 2. The van der Waals surface area contributed by atoms with Gasteiger partial charge >= 0.3 is 5.97 Å². The molecule has 8 heteroatoms. The molecular weight excluding hydrogens is 354 g/mol. The molecule has 2 heterocycles. The zero-order valence-electron chi connectivity index (χ0n) is 13.8. The summed E-state index contributed by atoms with van der Waals surface area (Å²) in [7, 11) is 0. The van der Waals surface area contributed by atoms with E-state index in [4.69, 9.17) is 9.84 Å². The summed E-state index contributed by atoms with van der Waals surface area (Å²) in [5, 5.41) is 15.1. The number of carbonyl (C=O) groups excluding carboxylic acids is 1. The first-order chi connectivity index (χ1) is 12.6. The lowest BCUT2D eigenvalue weighted by Crippen LogP contribution is -2.31. The van der Waals surface area contributed by atoms with Crippen molar-refractivity contribution < 1.29 is 19.4 Å². The van der Waals surface area contributed by atoms with Crippen molar-refractivity contribution in [1.82, 2.24) is 4.98 Å². The molecule has 1 aliphatic heterocycles. The Morgan fingerprint density at radius 2 is 2.00 bits per heavy atom. The number of hydrogen-bond donors (Lipinski definition) is 3. The van der Waals surface area contributed by atoms with Crippen LogP contribution in [0.2, 0.25) is 0 Å². The number of fused-ring (bicyclic) bond motifs is 1. The average Bonchev–Trinajstić information content (AvgIpc) is 3.46. The van der Waals surface area contributed by atoms with Crippen molar-refractivity contribution in [2.75, 3.05) is 22.9 Å². The lowest BCUT2D eigenvalue weighted by Gasteiger charge is -2.19. The van der Waals surface area contributed by atoms with Crippen LogP contribution in [0.15, 0.2) is 41.4 Å². The largest absolute Gasteiger partial charge is 0.480 e. The second-order valence-electron chi connectivity index (χ2n) is 6.23. The minimum absolute atomic E-state index is 0.383. The van der Waals surface area contributed by atoms with Gasteiger partial charge in [0, 0.05) is 30.2 Å². The fraction of sp³-hybridized carbons (Fsp3) is 0.278. The first-order valence-electron chi connectivity index (χ1n) is 8.27. The van der Waals surface area contributed by atoms with E-state index >= 15 is 0 Å². The van der Waals surface area contributed by atoms with Gasteiger partial charge in [0.05, 0.1) is 4.90 Å². The number of carboxylic acids is 1. The number of carboxylic acid groups (broad SMARTS) is 1. The number of amides is 1. The normalized spacial score (nSPS) is 16.8. The van der Waals surface area contributed by atoms with Crippen LogP contribution in [0, 0.1) is 5.41 Å². The van der Waals surface area contributed by atoms with Crippen LogP contribution < -0.4 is 15.4 Å². The van der Waals surface area contributed by atoms with Crippen molar-refractivity contribution in [3.05, 3.63) is 36.5 Å². The average molecular weight is 371 g/mol. The van der Waals surface area contributed by atoms with E-state index in [1.807, 2.05) is 6.07 Å². The van der Waals surface area contributed by atoms with Crippen LogP contribution >= 0.6 is 11.8 Å². The number of aromatic nitrogens is 1. The standard InChI is InChI=1S/C18H17N3O4S/c22-16(18(6-7-18)17(23)24)21-11-1-3-12(4-2-11)25-13-5-8-19-15-14(13)26-10-9-20-15/h1-5,8H,6-7,9-10H2,(H,19,20)(H,21,22)(H,23,24). The van der Waals surface area contributed by atoms with E-state index in [1.165, 1.54) is 0 Å². The van der Waals surface area contributed by atoms with Crippen LogP contribution in [0.3, 0.4) is 0 Å². The van der Waals surface area contributed by atoms with Gasteiger partial charge in [-0.15, -0.1) is 11.8 Å². The second-order valence-corrected chi connectivity index (χ2v) is 7.34. The summed E-state index contributed by atoms with van der Waals surface area (Å²) in [6.07, 6.45) is 2.46. The molecule has 2 aliphatic rings. The molecule has 1 amide bonds. The van der Waals surface area contributed by atoms with E-state index in [1.54, 1.807) is 42.2 Å². The first-order valence-corrected chi connectivity index (χ1v) is 9.25. The van der Waals surface area contributed by atoms with Gasteiger partial charge in [0.2, 0.25) is 5.91 Å². The number of pyridine rings is 1. The van der Waals surface area contributed by atoms with Crippen molar-refractivity contribution in [3.8, 4) is 11.5 Å². The maximum Gasteiger partial charge on any atom is 0.319 e. The molecular formula is C18H17N3O4S. The Balaban J connectivity index is 1.46. The van der Waals surface area contributed by atoms with Crippen LogP contribution in [0.4, 0.5) is 11.5 Å².